The summed E-state index contributed by atoms with van der Waals surface area (Å²) in [5.41, 5.74) is 2.31. The number of aryl methyl sites for hydroxylation is 1. The molecular weight excluding hydrogens is 530 g/mol. The molecule has 0 heterocycles. The number of halogens is 1. The topological polar surface area (TPSA) is 86.8 Å². The van der Waals surface area contributed by atoms with E-state index in [-0.39, 0.29) is 18.5 Å². The van der Waals surface area contributed by atoms with Crippen molar-refractivity contribution in [2.24, 2.45) is 0 Å². The van der Waals surface area contributed by atoms with Crippen molar-refractivity contribution in [1.29, 1.82) is 0 Å². The van der Waals surface area contributed by atoms with Crippen LogP contribution in [0.15, 0.2) is 53.0 Å². The van der Waals surface area contributed by atoms with E-state index in [9.17, 15) is 18.0 Å². The number of nitrogens with one attached hydrogen (secondary N) is 1. The van der Waals surface area contributed by atoms with Crippen molar-refractivity contribution < 1.29 is 18.0 Å². The van der Waals surface area contributed by atoms with Crippen LogP contribution >= 0.6 is 15.9 Å². The van der Waals surface area contributed by atoms with Crippen molar-refractivity contribution in [1.82, 2.24) is 10.2 Å². The number of nitrogens with zero attached hydrogens (tertiary/aromatic N) is 2. The first-order valence-electron chi connectivity index (χ1n) is 12.0. The Balaban J connectivity index is 1.93. The zero-order chi connectivity index (χ0) is 25.6. The fourth-order valence-electron chi connectivity index (χ4n) is 4.54. The maximum Gasteiger partial charge on any atom is 0.244 e. The average Bonchev–Trinajstić information content (AvgIpc) is 3.30. The van der Waals surface area contributed by atoms with Gasteiger partial charge in [0.2, 0.25) is 21.8 Å². The Morgan fingerprint density at radius 1 is 1.11 bits per heavy atom. The number of benzene rings is 2. The molecule has 2 aromatic carbocycles. The summed E-state index contributed by atoms with van der Waals surface area (Å²) in [6.45, 7) is 3.65. The van der Waals surface area contributed by atoms with Crippen LogP contribution in [0.4, 0.5) is 5.69 Å². The lowest BCUT2D eigenvalue weighted by molar-refractivity contribution is -0.140. The number of anilines is 1. The third-order valence-corrected chi connectivity index (χ3v) is 8.12. The minimum Gasteiger partial charge on any atom is -0.352 e. The summed E-state index contributed by atoms with van der Waals surface area (Å²) in [7, 11) is -3.76. The zero-order valence-corrected chi connectivity index (χ0v) is 22.9. The fourth-order valence-corrected chi connectivity index (χ4v) is 6.02. The Labute approximate surface area is 217 Å². The zero-order valence-electron chi connectivity index (χ0n) is 20.5. The van der Waals surface area contributed by atoms with E-state index in [4.69, 9.17) is 0 Å². The molecule has 1 aliphatic carbocycles. The van der Waals surface area contributed by atoms with Gasteiger partial charge in [0, 0.05) is 17.1 Å². The maximum atomic E-state index is 13.7. The molecule has 1 N–H and O–H groups in total. The largest absolute Gasteiger partial charge is 0.352 e. The van der Waals surface area contributed by atoms with E-state index in [1.807, 2.05) is 38.1 Å². The van der Waals surface area contributed by atoms with E-state index in [0.717, 1.165) is 47.4 Å². The molecule has 190 valence electrons. The molecule has 0 saturated heterocycles. The predicted octanol–water partition coefficient (Wildman–Crippen LogP) is 4.39. The van der Waals surface area contributed by atoms with E-state index in [0.29, 0.717) is 16.6 Å². The van der Waals surface area contributed by atoms with Crippen molar-refractivity contribution in [3.8, 4) is 0 Å². The van der Waals surface area contributed by atoms with E-state index >= 15 is 0 Å². The van der Waals surface area contributed by atoms with Gasteiger partial charge in [-0.1, -0.05) is 61.7 Å². The van der Waals surface area contributed by atoms with Crippen LogP contribution in [0.5, 0.6) is 0 Å². The number of carbonyl (C=O) groups excluding carboxylic acids is 2. The maximum absolute atomic E-state index is 13.7. The third-order valence-electron chi connectivity index (χ3n) is 6.32. The van der Waals surface area contributed by atoms with Crippen LogP contribution in [0.2, 0.25) is 0 Å². The molecule has 2 aromatic rings. The van der Waals surface area contributed by atoms with Crippen LogP contribution in [-0.4, -0.2) is 50.0 Å². The molecule has 0 radical (unpaired) electrons. The number of para-hydroxylation sites is 1. The van der Waals surface area contributed by atoms with Gasteiger partial charge in [-0.25, -0.2) is 8.42 Å². The SMILES string of the molecule is CCC(C(=O)NC1CCCC1)N(Cc1cccc(C)c1)C(=O)CN(c1ccccc1Br)S(C)(=O)=O. The Hall–Kier alpha value is -2.39. The smallest absolute Gasteiger partial charge is 0.244 e. The van der Waals surface area contributed by atoms with Gasteiger partial charge in [-0.15, -0.1) is 0 Å². The summed E-state index contributed by atoms with van der Waals surface area (Å²) in [4.78, 5) is 28.6. The third kappa shape index (κ3) is 7.30. The minimum atomic E-state index is -3.76. The summed E-state index contributed by atoms with van der Waals surface area (Å²) in [6, 6.07) is 14.1. The predicted molar refractivity (Wildman–Crippen MR) is 143 cm³/mol. The second-order valence-corrected chi connectivity index (χ2v) is 11.9. The molecule has 2 amide bonds. The number of hydrogen-bond donors (Lipinski definition) is 1. The number of amides is 2. The van der Waals surface area contributed by atoms with Crippen molar-refractivity contribution >= 4 is 43.5 Å². The Morgan fingerprint density at radius 3 is 2.40 bits per heavy atom. The fraction of sp³-hybridized carbons (Fsp3) is 0.462. The first kappa shape index (κ1) is 27.2. The van der Waals surface area contributed by atoms with Gasteiger partial charge in [0.05, 0.1) is 11.9 Å². The number of sulfonamides is 1. The highest BCUT2D eigenvalue weighted by Crippen LogP contribution is 2.28. The molecule has 7 nitrogen and oxygen atoms in total. The highest BCUT2D eigenvalue weighted by Gasteiger charge is 2.33. The minimum absolute atomic E-state index is 0.125. The standard InChI is InChI=1S/C26H34BrN3O4S/c1-4-23(26(32)28-21-12-5-6-13-21)29(17-20-11-9-10-19(2)16-20)25(31)18-30(35(3,33)34)24-15-8-7-14-22(24)27/h7-11,14-16,21,23H,4-6,12-13,17-18H2,1-3H3,(H,28,32). The van der Waals surface area contributed by atoms with Crippen LogP contribution in [-0.2, 0) is 26.2 Å². The molecule has 3 rings (SSSR count). The molecule has 1 saturated carbocycles. The molecule has 0 aromatic heterocycles. The number of carbonyl (C=O) groups is 2. The summed E-state index contributed by atoms with van der Waals surface area (Å²) in [5.74, 6) is -0.617. The van der Waals surface area contributed by atoms with E-state index in [1.54, 1.807) is 24.3 Å². The van der Waals surface area contributed by atoms with E-state index < -0.39 is 28.5 Å². The molecule has 9 heteroatoms. The first-order valence-corrected chi connectivity index (χ1v) is 14.6. The van der Waals surface area contributed by atoms with Gasteiger partial charge in [0.15, 0.2) is 0 Å². The highest BCUT2D eigenvalue weighted by atomic mass is 79.9. The van der Waals surface area contributed by atoms with E-state index in [1.165, 1.54) is 4.90 Å². The van der Waals surface area contributed by atoms with Crippen molar-refractivity contribution in [3.63, 3.8) is 0 Å². The molecule has 0 spiro atoms. The van der Waals surface area contributed by atoms with Gasteiger partial charge in [-0.3, -0.25) is 13.9 Å². The lowest BCUT2D eigenvalue weighted by Gasteiger charge is -2.33. The summed E-state index contributed by atoms with van der Waals surface area (Å²) in [6.07, 6.45) is 5.56. The van der Waals surface area contributed by atoms with Gasteiger partial charge in [0.1, 0.15) is 12.6 Å². The van der Waals surface area contributed by atoms with Crippen molar-refractivity contribution in [2.75, 3.05) is 17.1 Å². The second kappa shape index (κ2) is 12.0. The van der Waals surface area contributed by atoms with Gasteiger partial charge < -0.3 is 10.2 Å². The Morgan fingerprint density at radius 2 is 1.80 bits per heavy atom. The van der Waals surface area contributed by atoms with Gasteiger partial charge in [0.25, 0.3) is 0 Å². The molecule has 1 aliphatic rings. The first-order chi connectivity index (χ1) is 16.6. The molecule has 0 bridgehead atoms. The average molecular weight is 565 g/mol. The van der Waals surface area contributed by atoms with Crippen LogP contribution in [0.1, 0.15) is 50.2 Å². The van der Waals surface area contributed by atoms with Crippen molar-refractivity contribution in [2.45, 2.75) is 64.6 Å². The Bertz CT molecular complexity index is 1150. The van der Waals surface area contributed by atoms with Crippen molar-refractivity contribution in [3.05, 3.63) is 64.1 Å². The Kier molecular flexibility index (Phi) is 9.35. The molecule has 35 heavy (non-hydrogen) atoms. The molecular formula is C26H34BrN3O4S. The van der Waals surface area contributed by atoms with Crippen LogP contribution in [0.25, 0.3) is 0 Å². The van der Waals surface area contributed by atoms with E-state index in [2.05, 4.69) is 21.2 Å². The summed E-state index contributed by atoms with van der Waals surface area (Å²) in [5, 5.41) is 3.11. The van der Waals surface area contributed by atoms with Gasteiger partial charge >= 0.3 is 0 Å². The lowest BCUT2D eigenvalue weighted by Crippen LogP contribution is -2.53. The van der Waals surface area contributed by atoms with Crippen LogP contribution in [0.3, 0.4) is 0 Å². The molecule has 1 fully saturated rings. The quantitative estimate of drug-likeness (QED) is 0.464. The summed E-state index contributed by atoms with van der Waals surface area (Å²) < 4.78 is 27.1. The summed E-state index contributed by atoms with van der Waals surface area (Å²) >= 11 is 3.40. The number of hydrogen-bond acceptors (Lipinski definition) is 4. The number of rotatable bonds is 10. The monoisotopic (exact) mass is 563 g/mol. The normalized spacial score (nSPS) is 15.0. The van der Waals surface area contributed by atoms with Crippen LogP contribution < -0.4 is 9.62 Å². The van der Waals surface area contributed by atoms with Gasteiger partial charge in [-0.2, -0.15) is 0 Å². The second-order valence-electron chi connectivity index (χ2n) is 9.15. The van der Waals surface area contributed by atoms with Crippen LogP contribution in [0, 0.1) is 6.92 Å². The molecule has 1 unspecified atom stereocenters. The lowest BCUT2D eigenvalue weighted by atomic mass is 10.1. The molecule has 0 aliphatic heterocycles. The van der Waals surface area contributed by atoms with Gasteiger partial charge in [-0.05, 0) is 59.8 Å². The molecule has 1 atom stereocenters. The highest BCUT2D eigenvalue weighted by molar-refractivity contribution is 9.10.